The topological polar surface area (TPSA) is 174 Å². The Hall–Kier alpha value is -3.29. The van der Waals surface area contributed by atoms with E-state index in [1.807, 2.05) is 0 Å². The Kier molecular flexibility index (Phi) is 7.85. The van der Waals surface area contributed by atoms with Crippen LogP contribution in [0.4, 0.5) is 8.78 Å². The Labute approximate surface area is 176 Å². The summed E-state index contributed by atoms with van der Waals surface area (Å²) in [5.74, 6) is -5.02. The summed E-state index contributed by atoms with van der Waals surface area (Å²) in [6.07, 6.45) is 0.155. The van der Waals surface area contributed by atoms with Gasteiger partial charge in [0.15, 0.2) is 23.3 Å². The van der Waals surface area contributed by atoms with E-state index in [1.54, 1.807) is 18.2 Å². The summed E-state index contributed by atoms with van der Waals surface area (Å²) in [4.78, 5) is 14.8. The van der Waals surface area contributed by atoms with Crippen molar-refractivity contribution in [2.24, 2.45) is 22.2 Å². The molecule has 2 aromatic carbocycles. The third kappa shape index (κ3) is 6.10. The fourth-order valence-electron chi connectivity index (χ4n) is 2.39. The number of nitrogens with zero attached hydrogens (tertiary/aromatic N) is 2. The fourth-order valence-corrected chi connectivity index (χ4v) is 3.47. The minimum absolute atomic E-state index is 0.0607. The van der Waals surface area contributed by atoms with Crippen LogP contribution in [0.1, 0.15) is 12.8 Å². The summed E-state index contributed by atoms with van der Waals surface area (Å²) in [5.41, 5.74) is 15.9. The van der Waals surface area contributed by atoms with Gasteiger partial charge < -0.3 is 21.9 Å². The second kappa shape index (κ2) is 10.1. The first-order valence-corrected chi connectivity index (χ1v) is 10.3. The van der Waals surface area contributed by atoms with Crippen molar-refractivity contribution in [1.82, 2.24) is 4.47 Å². The van der Waals surface area contributed by atoms with E-state index in [0.717, 1.165) is 0 Å². The highest BCUT2D eigenvalue weighted by atomic mass is 32.2. The Morgan fingerprint density at radius 2 is 1.74 bits per heavy atom. The van der Waals surface area contributed by atoms with Crippen LogP contribution in [0.5, 0.6) is 11.5 Å². The lowest BCUT2D eigenvalue weighted by Crippen LogP contribution is -2.45. The highest BCUT2D eigenvalue weighted by Gasteiger charge is 2.33. The number of aliphatic imine (C=N–C) groups is 1. The van der Waals surface area contributed by atoms with Crippen molar-refractivity contribution in [2.45, 2.75) is 23.8 Å². The normalized spacial score (nSPS) is 12.1. The maximum atomic E-state index is 14.3. The lowest BCUT2D eigenvalue weighted by molar-refractivity contribution is -0.147. The van der Waals surface area contributed by atoms with Crippen molar-refractivity contribution in [2.75, 3.05) is 6.54 Å². The van der Waals surface area contributed by atoms with Crippen LogP contribution in [-0.2, 0) is 14.8 Å². The average molecular weight is 457 g/mol. The van der Waals surface area contributed by atoms with Gasteiger partial charge in [0.1, 0.15) is 5.75 Å². The third-order valence-electron chi connectivity index (χ3n) is 3.93. The SMILES string of the molecule is NC(N)=NCCC[C@@H](N)C(=O)N(O)S(=O)(=O)c1cc(F)c(Oc2ccccc2)c(F)c1. The molecule has 168 valence electrons. The molecule has 31 heavy (non-hydrogen) atoms. The van der Waals surface area contributed by atoms with E-state index in [2.05, 4.69) is 4.99 Å². The zero-order chi connectivity index (χ0) is 23.2. The number of halogens is 2. The minimum atomic E-state index is -5.01. The maximum absolute atomic E-state index is 14.3. The first-order chi connectivity index (χ1) is 14.5. The first kappa shape index (κ1) is 24.0. The number of nitrogens with two attached hydrogens (primary N) is 3. The van der Waals surface area contributed by atoms with Gasteiger partial charge in [0.2, 0.25) is 0 Å². The number of hydrogen-bond donors (Lipinski definition) is 4. The number of carbonyl (C=O) groups excluding carboxylic acids is 1. The van der Waals surface area contributed by atoms with Crippen molar-refractivity contribution in [3.8, 4) is 11.5 Å². The molecule has 0 unspecified atom stereocenters. The molecule has 0 spiro atoms. The van der Waals surface area contributed by atoms with E-state index >= 15 is 0 Å². The lowest BCUT2D eigenvalue weighted by atomic mass is 10.1. The number of benzene rings is 2. The standard InChI is InChI=1S/C18H21F2N5O5S/c19-13-9-12(10-14(20)16(13)30-11-5-2-1-3-6-11)31(28,29)25(27)17(26)15(21)7-4-8-24-18(22)23/h1-3,5-6,9-10,15,27H,4,7-8,21H2,(H4,22,23,24)/t15-/m1/s1. The van der Waals surface area contributed by atoms with Gasteiger partial charge in [-0.05, 0) is 37.1 Å². The molecule has 13 heteroatoms. The number of amides is 1. The monoisotopic (exact) mass is 457 g/mol. The van der Waals surface area contributed by atoms with Gasteiger partial charge in [-0.1, -0.05) is 18.2 Å². The Morgan fingerprint density at radius 3 is 2.29 bits per heavy atom. The van der Waals surface area contributed by atoms with Crippen molar-refractivity contribution in [1.29, 1.82) is 0 Å². The van der Waals surface area contributed by atoms with Crippen LogP contribution in [0.15, 0.2) is 52.4 Å². The zero-order valence-electron chi connectivity index (χ0n) is 16.1. The molecule has 1 atom stereocenters. The Bertz CT molecular complexity index is 1040. The van der Waals surface area contributed by atoms with Gasteiger partial charge in [0.25, 0.3) is 15.9 Å². The van der Waals surface area contributed by atoms with E-state index in [1.165, 1.54) is 12.1 Å². The summed E-state index contributed by atoms with van der Waals surface area (Å²) in [6.45, 7) is 0.126. The van der Waals surface area contributed by atoms with Gasteiger partial charge in [-0.2, -0.15) is 8.42 Å². The minimum Gasteiger partial charge on any atom is -0.451 e. The van der Waals surface area contributed by atoms with Crippen LogP contribution in [0, 0.1) is 11.6 Å². The van der Waals surface area contributed by atoms with Crippen LogP contribution in [0.3, 0.4) is 0 Å². The number of rotatable bonds is 9. The maximum Gasteiger partial charge on any atom is 0.289 e. The summed E-state index contributed by atoms with van der Waals surface area (Å²) >= 11 is 0. The molecule has 2 aromatic rings. The van der Waals surface area contributed by atoms with E-state index in [-0.39, 0.29) is 31.1 Å². The van der Waals surface area contributed by atoms with Crippen molar-refractivity contribution in [3.63, 3.8) is 0 Å². The van der Waals surface area contributed by atoms with Crippen LogP contribution in [-0.4, -0.2) is 42.5 Å². The quantitative estimate of drug-likeness (QED) is 0.142. The molecule has 0 heterocycles. The number of guanidine groups is 1. The largest absolute Gasteiger partial charge is 0.451 e. The van der Waals surface area contributed by atoms with Gasteiger partial charge in [-0.25, -0.2) is 8.78 Å². The number of sulfonamides is 1. The summed E-state index contributed by atoms with van der Waals surface area (Å²) in [7, 11) is -5.01. The van der Waals surface area contributed by atoms with E-state index in [4.69, 9.17) is 21.9 Å². The molecule has 0 bridgehead atoms. The third-order valence-corrected chi connectivity index (χ3v) is 5.40. The summed E-state index contributed by atoms with van der Waals surface area (Å²) in [5, 5.41) is 9.87. The molecule has 1 amide bonds. The molecule has 0 aliphatic rings. The second-order valence-corrected chi connectivity index (χ2v) is 8.04. The highest BCUT2D eigenvalue weighted by Crippen LogP contribution is 2.30. The van der Waals surface area contributed by atoms with Gasteiger partial charge in [-0.15, -0.1) is 4.47 Å². The van der Waals surface area contributed by atoms with E-state index in [9.17, 15) is 27.2 Å². The van der Waals surface area contributed by atoms with E-state index in [0.29, 0.717) is 12.1 Å². The number of carbonyl (C=O) groups is 1. The molecule has 0 radical (unpaired) electrons. The van der Waals surface area contributed by atoms with Gasteiger partial charge in [0.05, 0.1) is 10.9 Å². The Morgan fingerprint density at radius 1 is 1.16 bits per heavy atom. The highest BCUT2D eigenvalue weighted by molar-refractivity contribution is 7.89. The molecule has 0 aromatic heterocycles. The smallest absolute Gasteiger partial charge is 0.289 e. The molecule has 0 aliphatic carbocycles. The van der Waals surface area contributed by atoms with Crippen LogP contribution < -0.4 is 21.9 Å². The van der Waals surface area contributed by atoms with Gasteiger partial charge in [-0.3, -0.25) is 15.0 Å². The van der Waals surface area contributed by atoms with Crippen LogP contribution in [0.2, 0.25) is 0 Å². The van der Waals surface area contributed by atoms with Crippen LogP contribution in [0.25, 0.3) is 0 Å². The average Bonchev–Trinajstić information content (AvgIpc) is 2.72. The number of para-hydroxylation sites is 1. The number of hydrogen-bond acceptors (Lipinski definition) is 7. The van der Waals surface area contributed by atoms with Crippen molar-refractivity contribution in [3.05, 3.63) is 54.1 Å². The number of ether oxygens (including phenoxy) is 1. The Balaban J connectivity index is 2.18. The predicted octanol–water partition coefficient (Wildman–Crippen LogP) is 1.04. The molecule has 0 aliphatic heterocycles. The molecule has 0 fully saturated rings. The summed E-state index contributed by atoms with van der Waals surface area (Å²) in [6, 6.07) is 7.07. The first-order valence-electron chi connectivity index (χ1n) is 8.85. The van der Waals surface area contributed by atoms with E-state index < -0.39 is 48.7 Å². The zero-order valence-corrected chi connectivity index (χ0v) is 16.9. The predicted molar refractivity (Wildman–Crippen MR) is 107 cm³/mol. The molecular weight excluding hydrogens is 436 g/mol. The van der Waals surface area contributed by atoms with Gasteiger partial charge in [0, 0.05) is 6.54 Å². The molecule has 0 saturated carbocycles. The lowest BCUT2D eigenvalue weighted by Gasteiger charge is -2.19. The molecule has 2 rings (SSSR count). The van der Waals surface area contributed by atoms with Crippen LogP contribution >= 0.6 is 0 Å². The molecule has 10 nitrogen and oxygen atoms in total. The van der Waals surface area contributed by atoms with Crippen molar-refractivity contribution >= 4 is 21.9 Å². The van der Waals surface area contributed by atoms with Crippen molar-refractivity contribution < 1.29 is 31.9 Å². The number of hydroxylamine groups is 1. The molecule has 7 N–H and O–H groups in total. The fraction of sp³-hybridized carbons (Fsp3) is 0.222. The second-order valence-electron chi connectivity index (χ2n) is 6.27. The molecule has 0 saturated heterocycles. The summed E-state index contributed by atoms with van der Waals surface area (Å²) < 4.78 is 58.0. The molecular formula is C18H21F2N5O5S. The van der Waals surface area contributed by atoms with Gasteiger partial charge >= 0.3 is 0 Å².